The van der Waals surface area contributed by atoms with Gasteiger partial charge in [-0.1, -0.05) is 12.2 Å². The Balaban J connectivity index is 2.94. The molecule has 0 radical (unpaired) electrons. The lowest BCUT2D eigenvalue weighted by Gasteiger charge is -2.10. The molecular formula is C8H11NS. The highest BCUT2D eigenvalue weighted by Crippen LogP contribution is 2.23. The maximum absolute atomic E-state index is 7.55. The molecule has 0 heterocycles. The van der Waals surface area contributed by atoms with Crippen molar-refractivity contribution in [3.8, 4) is 0 Å². The second-order valence-electron chi connectivity index (χ2n) is 2.30. The molecule has 1 aliphatic carbocycles. The normalized spacial score (nSPS) is 18.4. The molecule has 0 amide bonds. The first-order valence-corrected chi connectivity index (χ1v) is 4.47. The quantitative estimate of drug-likeness (QED) is 0.615. The number of allylic oxidation sites excluding steroid dienone is 4. The molecule has 0 bridgehead atoms. The van der Waals surface area contributed by atoms with Crippen LogP contribution >= 0.6 is 11.8 Å². The average Bonchev–Trinajstić information content (AvgIpc) is 1.88. The zero-order valence-electron chi connectivity index (χ0n) is 6.27. The molecule has 0 aliphatic heterocycles. The van der Waals surface area contributed by atoms with Crippen molar-refractivity contribution in [2.75, 3.05) is 6.26 Å². The lowest BCUT2D eigenvalue weighted by molar-refractivity contribution is 1.31. The lowest BCUT2D eigenvalue weighted by atomic mass is 10.1. The van der Waals surface area contributed by atoms with E-state index in [1.807, 2.05) is 12.3 Å². The van der Waals surface area contributed by atoms with Crippen LogP contribution in [0.4, 0.5) is 0 Å². The molecule has 1 rings (SSSR count). The topological polar surface area (TPSA) is 23.9 Å². The highest BCUT2D eigenvalue weighted by molar-refractivity contribution is 8.03. The standard InChI is InChI=1S/C8H11NS/c1-6-4-3-5-7(9)8(6)10-2/h3-4,9H,5H2,1-2H3. The van der Waals surface area contributed by atoms with Gasteiger partial charge >= 0.3 is 0 Å². The van der Waals surface area contributed by atoms with Crippen LogP contribution in [0, 0.1) is 5.41 Å². The van der Waals surface area contributed by atoms with Crippen molar-refractivity contribution in [3.05, 3.63) is 22.6 Å². The minimum absolute atomic E-state index is 0.757. The molecule has 54 valence electrons. The van der Waals surface area contributed by atoms with Crippen LogP contribution in [0.1, 0.15) is 13.3 Å². The summed E-state index contributed by atoms with van der Waals surface area (Å²) in [5.74, 6) is 0. The van der Waals surface area contributed by atoms with E-state index in [0.717, 1.165) is 17.0 Å². The molecule has 0 saturated carbocycles. The summed E-state index contributed by atoms with van der Waals surface area (Å²) in [7, 11) is 0. The summed E-state index contributed by atoms with van der Waals surface area (Å²) in [6.45, 7) is 2.05. The van der Waals surface area contributed by atoms with Crippen molar-refractivity contribution in [3.63, 3.8) is 0 Å². The fourth-order valence-corrected chi connectivity index (χ4v) is 1.76. The van der Waals surface area contributed by atoms with E-state index in [1.54, 1.807) is 11.8 Å². The monoisotopic (exact) mass is 153 g/mol. The van der Waals surface area contributed by atoms with E-state index in [1.165, 1.54) is 5.57 Å². The van der Waals surface area contributed by atoms with Gasteiger partial charge in [-0.05, 0) is 18.8 Å². The molecule has 2 heteroatoms. The molecule has 0 fully saturated rings. The first-order valence-electron chi connectivity index (χ1n) is 3.25. The van der Waals surface area contributed by atoms with Crippen molar-refractivity contribution in [1.82, 2.24) is 0 Å². The Kier molecular flexibility index (Phi) is 2.33. The van der Waals surface area contributed by atoms with E-state index >= 15 is 0 Å². The summed E-state index contributed by atoms with van der Waals surface area (Å²) in [5, 5.41) is 7.55. The van der Waals surface area contributed by atoms with Crippen LogP contribution in [0.15, 0.2) is 22.6 Å². The first kappa shape index (κ1) is 7.61. The molecule has 10 heavy (non-hydrogen) atoms. The number of hydrogen-bond donors (Lipinski definition) is 1. The molecular weight excluding hydrogens is 142 g/mol. The summed E-state index contributed by atoms with van der Waals surface area (Å²) in [4.78, 5) is 1.14. The van der Waals surface area contributed by atoms with E-state index in [9.17, 15) is 0 Å². The van der Waals surface area contributed by atoms with Crippen molar-refractivity contribution < 1.29 is 0 Å². The second-order valence-corrected chi connectivity index (χ2v) is 3.12. The van der Waals surface area contributed by atoms with Gasteiger partial charge in [0.1, 0.15) is 0 Å². The fourth-order valence-electron chi connectivity index (χ4n) is 1.04. The van der Waals surface area contributed by atoms with Gasteiger partial charge in [0.05, 0.1) is 0 Å². The van der Waals surface area contributed by atoms with Crippen molar-refractivity contribution in [2.24, 2.45) is 0 Å². The average molecular weight is 153 g/mol. The van der Waals surface area contributed by atoms with Gasteiger partial charge < -0.3 is 5.41 Å². The molecule has 1 N–H and O–H groups in total. The van der Waals surface area contributed by atoms with Gasteiger partial charge in [-0.25, -0.2) is 0 Å². The van der Waals surface area contributed by atoms with E-state index < -0.39 is 0 Å². The van der Waals surface area contributed by atoms with Crippen molar-refractivity contribution in [2.45, 2.75) is 13.3 Å². The summed E-state index contributed by atoms with van der Waals surface area (Å²) >= 11 is 1.67. The Bertz CT molecular complexity index is 213. The highest BCUT2D eigenvalue weighted by atomic mass is 32.2. The minimum atomic E-state index is 0.757. The number of thioether (sulfide) groups is 1. The van der Waals surface area contributed by atoms with Gasteiger partial charge in [-0.3, -0.25) is 0 Å². The number of rotatable bonds is 1. The van der Waals surface area contributed by atoms with Gasteiger partial charge in [0.15, 0.2) is 0 Å². The van der Waals surface area contributed by atoms with Gasteiger partial charge in [0.25, 0.3) is 0 Å². The largest absolute Gasteiger partial charge is 0.304 e. The zero-order valence-corrected chi connectivity index (χ0v) is 7.09. The Morgan fingerprint density at radius 2 is 2.30 bits per heavy atom. The lowest BCUT2D eigenvalue weighted by Crippen LogP contribution is -2.02. The molecule has 0 aromatic heterocycles. The van der Waals surface area contributed by atoms with E-state index in [2.05, 4.69) is 13.0 Å². The first-order chi connectivity index (χ1) is 4.75. The van der Waals surface area contributed by atoms with E-state index in [0.29, 0.717) is 0 Å². The summed E-state index contributed by atoms with van der Waals surface area (Å²) in [6, 6.07) is 0. The molecule has 0 atom stereocenters. The zero-order chi connectivity index (χ0) is 7.56. The molecule has 0 unspecified atom stereocenters. The number of nitrogens with one attached hydrogen (secondary N) is 1. The Hall–Kier alpha value is -0.500. The third-order valence-electron chi connectivity index (χ3n) is 1.53. The van der Waals surface area contributed by atoms with Crippen LogP contribution in [0.5, 0.6) is 0 Å². The van der Waals surface area contributed by atoms with Crippen molar-refractivity contribution in [1.29, 1.82) is 5.41 Å². The SMILES string of the molecule is CSC1=C(C)C=CCC1=N. The van der Waals surface area contributed by atoms with Gasteiger partial charge in [-0.15, -0.1) is 11.8 Å². The van der Waals surface area contributed by atoms with Crippen LogP contribution < -0.4 is 0 Å². The van der Waals surface area contributed by atoms with Crippen LogP contribution in [-0.4, -0.2) is 12.0 Å². The van der Waals surface area contributed by atoms with Gasteiger partial charge in [0, 0.05) is 17.0 Å². The van der Waals surface area contributed by atoms with Crippen LogP contribution in [0.25, 0.3) is 0 Å². The molecule has 1 nitrogen and oxygen atoms in total. The molecule has 0 saturated heterocycles. The molecule has 0 aromatic carbocycles. The van der Waals surface area contributed by atoms with Gasteiger partial charge in [0.2, 0.25) is 0 Å². The third kappa shape index (κ3) is 1.32. The Labute approximate surface area is 65.7 Å². The maximum Gasteiger partial charge on any atom is 0.0489 e. The summed E-state index contributed by atoms with van der Waals surface area (Å²) < 4.78 is 0. The van der Waals surface area contributed by atoms with Crippen LogP contribution in [0.3, 0.4) is 0 Å². The second kappa shape index (κ2) is 3.06. The van der Waals surface area contributed by atoms with E-state index in [-0.39, 0.29) is 0 Å². The summed E-state index contributed by atoms with van der Waals surface area (Å²) in [6.07, 6.45) is 6.95. The molecule has 0 aromatic rings. The maximum atomic E-state index is 7.55. The van der Waals surface area contributed by atoms with Crippen molar-refractivity contribution >= 4 is 17.5 Å². The highest BCUT2D eigenvalue weighted by Gasteiger charge is 2.08. The predicted octanol–water partition coefficient (Wildman–Crippen LogP) is 2.60. The molecule has 1 aliphatic rings. The van der Waals surface area contributed by atoms with E-state index in [4.69, 9.17) is 5.41 Å². The smallest absolute Gasteiger partial charge is 0.0489 e. The van der Waals surface area contributed by atoms with Gasteiger partial charge in [-0.2, -0.15) is 0 Å². The Morgan fingerprint density at radius 1 is 1.60 bits per heavy atom. The third-order valence-corrected chi connectivity index (χ3v) is 2.50. The van der Waals surface area contributed by atoms with Crippen LogP contribution in [-0.2, 0) is 0 Å². The number of hydrogen-bond acceptors (Lipinski definition) is 2. The predicted molar refractivity (Wildman–Crippen MR) is 47.7 cm³/mol. The summed E-state index contributed by atoms with van der Waals surface area (Å²) in [5.41, 5.74) is 1.98. The molecule has 0 spiro atoms. The fraction of sp³-hybridized carbons (Fsp3) is 0.375. The minimum Gasteiger partial charge on any atom is -0.304 e. The van der Waals surface area contributed by atoms with Crippen LogP contribution in [0.2, 0.25) is 0 Å². The Morgan fingerprint density at radius 3 is 2.70 bits per heavy atom.